The number of hydrogen-bond acceptors (Lipinski definition) is 4. The van der Waals surface area contributed by atoms with Gasteiger partial charge >= 0.3 is 6.09 Å². The summed E-state index contributed by atoms with van der Waals surface area (Å²) < 4.78 is 5.18. The fraction of sp³-hybridized carbons (Fsp3) is 0.222. The minimum absolute atomic E-state index is 0.0370. The summed E-state index contributed by atoms with van der Waals surface area (Å²) >= 11 is 0. The minimum atomic E-state index is -0.556. The van der Waals surface area contributed by atoms with Gasteiger partial charge in [0.05, 0.1) is 11.6 Å². The largest absolute Gasteiger partial charge is 0.508 e. The van der Waals surface area contributed by atoms with Crippen molar-refractivity contribution < 1.29 is 14.6 Å². The molecule has 0 atom stereocenters. The van der Waals surface area contributed by atoms with Gasteiger partial charge in [-0.2, -0.15) is 5.26 Å². The molecule has 5 heteroatoms. The number of anilines is 1. The first-order valence-electron chi connectivity index (χ1n) is 7.11. The van der Waals surface area contributed by atoms with E-state index in [9.17, 15) is 9.90 Å². The molecular weight excluding hydrogens is 292 g/mol. The van der Waals surface area contributed by atoms with Crippen molar-refractivity contribution in [2.24, 2.45) is 0 Å². The average molecular weight is 310 g/mol. The second-order valence-corrected chi connectivity index (χ2v) is 6.08. The van der Waals surface area contributed by atoms with Gasteiger partial charge in [-0.25, -0.2) is 4.79 Å². The molecule has 2 N–H and O–H groups in total. The lowest BCUT2D eigenvalue weighted by atomic mass is 10.0. The Hall–Kier alpha value is -3.00. The van der Waals surface area contributed by atoms with Crippen LogP contribution in [0.5, 0.6) is 5.75 Å². The molecule has 2 aromatic carbocycles. The topological polar surface area (TPSA) is 82.3 Å². The second-order valence-electron chi connectivity index (χ2n) is 6.08. The highest BCUT2D eigenvalue weighted by Gasteiger charge is 2.16. The van der Waals surface area contributed by atoms with Gasteiger partial charge in [0.25, 0.3) is 0 Å². The van der Waals surface area contributed by atoms with Gasteiger partial charge in [-0.15, -0.1) is 0 Å². The van der Waals surface area contributed by atoms with E-state index in [-0.39, 0.29) is 5.75 Å². The first kappa shape index (κ1) is 16.4. The molecule has 0 aliphatic rings. The van der Waals surface area contributed by atoms with Crippen LogP contribution in [0.25, 0.3) is 11.1 Å². The smallest absolute Gasteiger partial charge is 0.412 e. The van der Waals surface area contributed by atoms with Crippen molar-refractivity contribution in [3.05, 3.63) is 48.0 Å². The molecule has 2 aromatic rings. The number of carbonyl (C=O) groups is 1. The monoisotopic (exact) mass is 310 g/mol. The molecule has 1 amide bonds. The summed E-state index contributed by atoms with van der Waals surface area (Å²) in [5.41, 5.74) is 1.98. The van der Waals surface area contributed by atoms with Crippen molar-refractivity contribution in [1.29, 1.82) is 5.26 Å². The van der Waals surface area contributed by atoms with Crippen molar-refractivity contribution in [1.82, 2.24) is 0 Å². The van der Waals surface area contributed by atoms with Crippen LogP contribution in [0.15, 0.2) is 42.5 Å². The van der Waals surface area contributed by atoms with Crippen LogP contribution in [-0.2, 0) is 4.74 Å². The number of benzene rings is 2. The molecule has 0 spiro atoms. The highest BCUT2D eigenvalue weighted by molar-refractivity contribution is 5.85. The predicted octanol–water partition coefficient (Wildman–Crippen LogP) is 4.28. The van der Waals surface area contributed by atoms with Gasteiger partial charge in [0.1, 0.15) is 11.4 Å². The Balaban J connectivity index is 2.15. The lowest BCUT2D eigenvalue weighted by Gasteiger charge is -2.19. The molecule has 0 aliphatic heterocycles. The molecule has 0 aliphatic carbocycles. The third kappa shape index (κ3) is 4.75. The Kier molecular flexibility index (Phi) is 4.56. The Bertz CT molecular complexity index is 753. The van der Waals surface area contributed by atoms with Crippen molar-refractivity contribution in [3.8, 4) is 22.9 Å². The van der Waals surface area contributed by atoms with Crippen LogP contribution in [0.4, 0.5) is 10.5 Å². The average Bonchev–Trinajstić information content (AvgIpc) is 2.45. The fourth-order valence-corrected chi connectivity index (χ4v) is 2.01. The zero-order valence-electron chi connectivity index (χ0n) is 13.3. The van der Waals surface area contributed by atoms with Crippen LogP contribution in [0.1, 0.15) is 26.3 Å². The standard InChI is InChI=1S/C18H18N2O3/c1-18(2,3)23-17(22)20-15-6-4-13(5-7-15)14-8-12(11-19)9-16(21)10-14/h4-10,21H,1-3H3,(H,20,22). The number of carbonyl (C=O) groups excluding carboxylic acids is 1. The summed E-state index contributed by atoms with van der Waals surface area (Å²) in [4.78, 5) is 11.7. The molecule has 2 rings (SSSR count). The van der Waals surface area contributed by atoms with E-state index in [1.807, 2.05) is 6.07 Å². The van der Waals surface area contributed by atoms with Gasteiger partial charge < -0.3 is 9.84 Å². The summed E-state index contributed by atoms with van der Waals surface area (Å²) in [6, 6.07) is 13.7. The van der Waals surface area contributed by atoms with E-state index in [0.29, 0.717) is 11.3 Å². The summed E-state index contributed by atoms with van der Waals surface area (Å²) in [6.45, 7) is 5.39. The molecule has 0 saturated carbocycles. The van der Waals surface area contributed by atoms with Crippen LogP contribution in [0.2, 0.25) is 0 Å². The van der Waals surface area contributed by atoms with Crippen molar-refractivity contribution in [2.75, 3.05) is 5.32 Å². The fourth-order valence-electron chi connectivity index (χ4n) is 2.01. The molecule has 0 bridgehead atoms. The van der Waals surface area contributed by atoms with Crippen LogP contribution in [0.3, 0.4) is 0 Å². The first-order valence-corrected chi connectivity index (χ1v) is 7.11. The van der Waals surface area contributed by atoms with Crippen molar-refractivity contribution in [2.45, 2.75) is 26.4 Å². The van der Waals surface area contributed by atoms with Crippen LogP contribution in [-0.4, -0.2) is 16.8 Å². The molecule has 0 heterocycles. The van der Waals surface area contributed by atoms with Gasteiger partial charge in [-0.3, -0.25) is 5.32 Å². The first-order chi connectivity index (χ1) is 10.8. The summed E-state index contributed by atoms with van der Waals surface area (Å²) in [5, 5.41) is 21.2. The SMILES string of the molecule is CC(C)(C)OC(=O)Nc1ccc(-c2cc(O)cc(C#N)c2)cc1. The summed E-state index contributed by atoms with van der Waals surface area (Å²) in [6.07, 6.45) is -0.519. The van der Waals surface area contributed by atoms with E-state index >= 15 is 0 Å². The van der Waals surface area contributed by atoms with E-state index in [2.05, 4.69) is 5.32 Å². The molecular formula is C18H18N2O3. The van der Waals surface area contributed by atoms with E-state index in [4.69, 9.17) is 10.00 Å². The normalized spacial score (nSPS) is 10.7. The van der Waals surface area contributed by atoms with E-state index in [0.717, 1.165) is 11.1 Å². The number of phenols is 1. The zero-order chi connectivity index (χ0) is 17.0. The minimum Gasteiger partial charge on any atom is -0.508 e. The molecule has 23 heavy (non-hydrogen) atoms. The molecule has 118 valence electrons. The predicted molar refractivity (Wildman–Crippen MR) is 88.1 cm³/mol. The number of phenolic OH excluding ortho intramolecular Hbond substituents is 1. The number of hydrogen-bond donors (Lipinski definition) is 2. The molecule has 0 fully saturated rings. The number of nitrogens with zero attached hydrogens (tertiary/aromatic N) is 1. The summed E-state index contributed by atoms with van der Waals surface area (Å²) in [7, 11) is 0. The Labute approximate surface area is 135 Å². The third-order valence-electron chi connectivity index (χ3n) is 2.91. The number of nitriles is 1. The van der Waals surface area contributed by atoms with Crippen LogP contribution in [0, 0.1) is 11.3 Å². The van der Waals surface area contributed by atoms with Crippen molar-refractivity contribution >= 4 is 11.8 Å². The number of nitrogens with one attached hydrogen (secondary N) is 1. The zero-order valence-corrected chi connectivity index (χ0v) is 13.3. The number of ether oxygens (including phenoxy) is 1. The van der Waals surface area contributed by atoms with E-state index < -0.39 is 11.7 Å². The van der Waals surface area contributed by atoms with Gasteiger partial charge in [0.15, 0.2) is 0 Å². The quantitative estimate of drug-likeness (QED) is 0.867. The number of aromatic hydroxyl groups is 1. The maximum absolute atomic E-state index is 11.7. The maximum atomic E-state index is 11.7. The Morgan fingerprint density at radius 3 is 2.35 bits per heavy atom. The molecule has 0 saturated heterocycles. The van der Waals surface area contributed by atoms with Gasteiger partial charge in [-0.1, -0.05) is 12.1 Å². The van der Waals surface area contributed by atoms with E-state index in [1.165, 1.54) is 6.07 Å². The highest BCUT2D eigenvalue weighted by atomic mass is 16.6. The second kappa shape index (κ2) is 6.41. The summed E-state index contributed by atoms with van der Waals surface area (Å²) in [5.74, 6) is 0.0370. The molecule has 5 nitrogen and oxygen atoms in total. The van der Waals surface area contributed by atoms with Crippen LogP contribution < -0.4 is 5.32 Å². The Morgan fingerprint density at radius 1 is 1.13 bits per heavy atom. The van der Waals surface area contributed by atoms with Crippen LogP contribution >= 0.6 is 0 Å². The molecule has 0 unspecified atom stereocenters. The lowest BCUT2D eigenvalue weighted by Crippen LogP contribution is -2.27. The number of amides is 1. The maximum Gasteiger partial charge on any atom is 0.412 e. The van der Waals surface area contributed by atoms with E-state index in [1.54, 1.807) is 57.2 Å². The van der Waals surface area contributed by atoms with Crippen molar-refractivity contribution in [3.63, 3.8) is 0 Å². The lowest BCUT2D eigenvalue weighted by molar-refractivity contribution is 0.0636. The van der Waals surface area contributed by atoms with Gasteiger partial charge in [0.2, 0.25) is 0 Å². The number of rotatable bonds is 2. The molecule has 0 radical (unpaired) electrons. The highest BCUT2D eigenvalue weighted by Crippen LogP contribution is 2.26. The van der Waals surface area contributed by atoms with Gasteiger partial charge in [0, 0.05) is 5.69 Å². The van der Waals surface area contributed by atoms with Gasteiger partial charge in [-0.05, 0) is 62.2 Å². The third-order valence-corrected chi connectivity index (χ3v) is 2.91. The molecule has 0 aromatic heterocycles. The Morgan fingerprint density at radius 2 is 1.78 bits per heavy atom.